The van der Waals surface area contributed by atoms with Crippen LogP contribution in [0.4, 0.5) is 4.39 Å². The largest absolute Gasteiger partial charge is 0.310 e. The second-order valence-corrected chi connectivity index (χ2v) is 5.50. The molecular formula is C17H16FN3. The zero-order valence-electron chi connectivity index (χ0n) is 11.6. The van der Waals surface area contributed by atoms with E-state index >= 15 is 0 Å². The molecule has 3 nitrogen and oxygen atoms in total. The van der Waals surface area contributed by atoms with Crippen molar-refractivity contribution in [3.8, 4) is 5.69 Å². The van der Waals surface area contributed by atoms with Crippen molar-refractivity contribution in [2.45, 2.75) is 25.4 Å². The van der Waals surface area contributed by atoms with Gasteiger partial charge in [0.15, 0.2) is 0 Å². The Balaban J connectivity index is 1.81. The van der Waals surface area contributed by atoms with Crippen molar-refractivity contribution in [3.05, 3.63) is 60.2 Å². The molecule has 0 atom stereocenters. The fourth-order valence-electron chi connectivity index (χ4n) is 2.63. The van der Waals surface area contributed by atoms with E-state index < -0.39 is 0 Å². The van der Waals surface area contributed by atoms with E-state index in [0.717, 1.165) is 16.7 Å². The van der Waals surface area contributed by atoms with Gasteiger partial charge in [0.2, 0.25) is 0 Å². The van der Waals surface area contributed by atoms with Crippen molar-refractivity contribution in [1.82, 2.24) is 14.9 Å². The van der Waals surface area contributed by atoms with Crippen LogP contribution in [-0.4, -0.2) is 15.6 Å². The minimum Gasteiger partial charge on any atom is -0.310 e. The van der Waals surface area contributed by atoms with Crippen molar-refractivity contribution >= 4 is 11.0 Å². The molecule has 0 unspecified atom stereocenters. The summed E-state index contributed by atoms with van der Waals surface area (Å²) in [5.41, 5.74) is 3.48. The van der Waals surface area contributed by atoms with Gasteiger partial charge in [-0.3, -0.25) is 4.57 Å². The number of benzene rings is 2. The summed E-state index contributed by atoms with van der Waals surface area (Å²) in [7, 11) is 0. The molecule has 1 aromatic heterocycles. The van der Waals surface area contributed by atoms with Gasteiger partial charge < -0.3 is 5.32 Å². The monoisotopic (exact) mass is 281 g/mol. The van der Waals surface area contributed by atoms with Gasteiger partial charge in [0, 0.05) is 18.2 Å². The molecule has 0 amide bonds. The predicted molar refractivity (Wildman–Crippen MR) is 80.9 cm³/mol. The van der Waals surface area contributed by atoms with Crippen LogP contribution >= 0.6 is 0 Å². The summed E-state index contributed by atoms with van der Waals surface area (Å²) in [6, 6.07) is 13.7. The molecule has 1 fully saturated rings. The molecule has 1 aliphatic carbocycles. The lowest BCUT2D eigenvalue weighted by molar-refractivity contribution is 0.585. The molecule has 1 saturated carbocycles. The molecule has 106 valence electrons. The second kappa shape index (κ2) is 4.97. The van der Waals surface area contributed by atoms with Crippen molar-refractivity contribution < 1.29 is 4.39 Å². The van der Waals surface area contributed by atoms with E-state index in [-0.39, 0.29) is 5.82 Å². The maximum Gasteiger partial charge on any atom is 0.129 e. The minimum atomic E-state index is -0.168. The van der Waals surface area contributed by atoms with Crippen LogP contribution in [0.3, 0.4) is 0 Å². The highest BCUT2D eigenvalue weighted by molar-refractivity contribution is 5.77. The molecule has 0 radical (unpaired) electrons. The molecular weight excluding hydrogens is 265 g/mol. The van der Waals surface area contributed by atoms with Gasteiger partial charge in [0.25, 0.3) is 0 Å². The Morgan fingerprint density at radius 3 is 2.86 bits per heavy atom. The molecule has 0 bridgehead atoms. The molecule has 21 heavy (non-hydrogen) atoms. The van der Waals surface area contributed by atoms with E-state index in [9.17, 15) is 4.39 Å². The van der Waals surface area contributed by atoms with Crippen molar-refractivity contribution in [3.63, 3.8) is 0 Å². The SMILES string of the molecule is Fc1cccc(-n2cnc3ccccc32)c1CNC1CC1. The molecule has 2 aromatic carbocycles. The number of nitrogens with one attached hydrogen (secondary N) is 1. The summed E-state index contributed by atoms with van der Waals surface area (Å²) in [4.78, 5) is 4.39. The van der Waals surface area contributed by atoms with Crippen LogP contribution in [0.5, 0.6) is 0 Å². The summed E-state index contributed by atoms with van der Waals surface area (Å²) in [5, 5.41) is 3.39. The van der Waals surface area contributed by atoms with Gasteiger partial charge in [-0.1, -0.05) is 18.2 Å². The average Bonchev–Trinajstić information content (AvgIpc) is 3.23. The van der Waals surface area contributed by atoms with E-state index in [2.05, 4.69) is 10.3 Å². The standard InChI is InChI=1S/C17H16FN3/c18-14-4-3-7-16(13(14)10-19-12-8-9-12)21-11-20-15-5-1-2-6-17(15)21/h1-7,11-12,19H,8-10H2. The zero-order valence-corrected chi connectivity index (χ0v) is 11.6. The zero-order chi connectivity index (χ0) is 14.2. The molecule has 1 N–H and O–H groups in total. The third kappa shape index (κ3) is 2.32. The second-order valence-electron chi connectivity index (χ2n) is 5.50. The highest BCUT2D eigenvalue weighted by Crippen LogP contribution is 2.25. The Kier molecular flexibility index (Phi) is 2.97. The minimum absolute atomic E-state index is 0.168. The number of hydrogen-bond donors (Lipinski definition) is 1. The fourth-order valence-corrected chi connectivity index (χ4v) is 2.63. The number of nitrogens with zero attached hydrogens (tertiary/aromatic N) is 2. The van der Waals surface area contributed by atoms with Crippen LogP contribution in [0.25, 0.3) is 16.7 Å². The van der Waals surface area contributed by atoms with Crippen molar-refractivity contribution in [2.24, 2.45) is 0 Å². The first-order valence-corrected chi connectivity index (χ1v) is 7.26. The van der Waals surface area contributed by atoms with Gasteiger partial charge >= 0.3 is 0 Å². The molecule has 0 saturated heterocycles. The maximum absolute atomic E-state index is 14.2. The Hall–Kier alpha value is -2.20. The van der Waals surface area contributed by atoms with E-state index in [1.807, 2.05) is 34.9 Å². The Labute approximate surface area is 122 Å². The van der Waals surface area contributed by atoms with Crippen LogP contribution in [0.15, 0.2) is 48.8 Å². The van der Waals surface area contributed by atoms with E-state index in [1.165, 1.54) is 18.9 Å². The molecule has 1 heterocycles. The molecule has 3 aromatic rings. The first kappa shape index (κ1) is 12.5. The summed E-state index contributed by atoms with van der Waals surface area (Å²) in [5.74, 6) is -0.168. The Morgan fingerprint density at radius 2 is 2.00 bits per heavy atom. The molecule has 0 spiro atoms. The lowest BCUT2D eigenvalue weighted by Gasteiger charge is -2.13. The van der Waals surface area contributed by atoms with Gasteiger partial charge in [-0.25, -0.2) is 9.37 Å². The first-order valence-electron chi connectivity index (χ1n) is 7.26. The average molecular weight is 281 g/mol. The van der Waals surface area contributed by atoms with Gasteiger partial charge in [-0.05, 0) is 37.1 Å². The van der Waals surface area contributed by atoms with Crippen LogP contribution in [-0.2, 0) is 6.54 Å². The lowest BCUT2D eigenvalue weighted by Crippen LogP contribution is -2.18. The number of para-hydroxylation sites is 2. The number of aromatic nitrogens is 2. The summed E-state index contributed by atoms with van der Waals surface area (Å²) >= 11 is 0. The van der Waals surface area contributed by atoms with Gasteiger partial charge in [-0.2, -0.15) is 0 Å². The third-order valence-corrected chi connectivity index (χ3v) is 3.95. The van der Waals surface area contributed by atoms with Gasteiger partial charge in [0.05, 0.1) is 16.7 Å². The van der Waals surface area contributed by atoms with Crippen LogP contribution in [0, 0.1) is 5.82 Å². The molecule has 4 rings (SSSR count). The Bertz CT molecular complexity index is 790. The normalized spacial score (nSPS) is 14.7. The molecule has 0 aliphatic heterocycles. The first-order chi connectivity index (χ1) is 10.3. The van der Waals surface area contributed by atoms with Crippen molar-refractivity contribution in [1.29, 1.82) is 0 Å². The number of imidazole rings is 1. The van der Waals surface area contributed by atoms with Crippen molar-refractivity contribution in [2.75, 3.05) is 0 Å². The topological polar surface area (TPSA) is 29.9 Å². The van der Waals surface area contributed by atoms with Crippen LogP contribution in [0.2, 0.25) is 0 Å². The van der Waals surface area contributed by atoms with Crippen LogP contribution in [0.1, 0.15) is 18.4 Å². The van der Waals surface area contributed by atoms with E-state index in [4.69, 9.17) is 0 Å². The van der Waals surface area contributed by atoms with E-state index in [0.29, 0.717) is 18.2 Å². The van der Waals surface area contributed by atoms with Gasteiger partial charge in [-0.15, -0.1) is 0 Å². The number of hydrogen-bond acceptors (Lipinski definition) is 2. The highest BCUT2D eigenvalue weighted by atomic mass is 19.1. The number of halogens is 1. The number of rotatable bonds is 4. The predicted octanol–water partition coefficient (Wildman–Crippen LogP) is 3.42. The van der Waals surface area contributed by atoms with Crippen LogP contribution < -0.4 is 5.32 Å². The third-order valence-electron chi connectivity index (χ3n) is 3.95. The Morgan fingerprint density at radius 1 is 1.14 bits per heavy atom. The van der Waals surface area contributed by atoms with E-state index in [1.54, 1.807) is 12.4 Å². The molecule has 4 heteroatoms. The number of fused-ring (bicyclic) bond motifs is 1. The smallest absolute Gasteiger partial charge is 0.129 e. The lowest BCUT2D eigenvalue weighted by atomic mass is 10.1. The van der Waals surface area contributed by atoms with Gasteiger partial charge in [0.1, 0.15) is 12.1 Å². The fraction of sp³-hybridized carbons (Fsp3) is 0.235. The summed E-state index contributed by atoms with van der Waals surface area (Å²) in [6.07, 6.45) is 4.15. The molecule has 1 aliphatic rings. The summed E-state index contributed by atoms with van der Waals surface area (Å²) < 4.78 is 16.2. The summed E-state index contributed by atoms with van der Waals surface area (Å²) in [6.45, 7) is 0.555. The quantitative estimate of drug-likeness (QED) is 0.794. The maximum atomic E-state index is 14.2. The highest BCUT2D eigenvalue weighted by Gasteiger charge is 2.21.